The van der Waals surface area contributed by atoms with Crippen molar-refractivity contribution in [3.05, 3.63) is 11.9 Å². The minimum Gasteiger partial charge on any atom is -0.384 e. The van der Waals surface area contributed by atoms with Crippen LogP contribution in [0.15, 0.2) is 6.07 Å². The van der Waals surface area contributed by atoms with Gasteiger partial charge in [-0.15, -0.1) is 0 Å². The van der Waals surface area contributed by atoms with Crippen molar-refractivity contribution in [2.45, 2.75) is 30.7 Å². The summed E-state index contributed by atoms with van der Waals surface area (Å²) in [4.78, 5) is 6.66. The van der Waals surface area contributed by atoms with Crippen LogP contribution in [-0.4, -0.2) is 27.0 Å². The average molecular weight is 292 g/mol. The largest absolute Gasteiger partial charge is 0.451 e. The Hall–Kier alpha value is -1.18. The van der Waals surface area contributed by atoms with Gasteiger partial charge in [0.15, 0.2) is 0 Å². The number of thioether (sulfide) groups is 1. The van der Waals surface area contributed by atoms with E-state index in [1.165, 1.54) is 6.07 Å². The van der Waals surface area contributed by atoms with E-state index < -0.39 is 12.0 Å². The van der Waals surface area contributed by atoms with Crippen LogP contribution in [-0.2, 0) is 6.18 Å². The summed E-state index contributed by atoms with van der Waals surface area (Å²) >= 11 is 1.82. The molecular formula is C11H15F3N4S. The summed E-state index contributed by atoms with van der Waals surface area (Å²) in [5.41, 5.74) is 5.38. The molecule has 1 aromatic rings. The Morgan fingerprint density at radius 2 is 2.21 bits per heavy atom. The minimum atomic E-state index is -4.59. The van der Waals surface area contributed by atoms with Crippen LogP contribution >= 0.6 is 11.8 Å². The Kier molecular flexibility index (Phi) is 3.80. The second kappa shape index (κ2) is 5.07. The molecule has 106 valence electrons. The van der Waals surface area contributed by atoms with Crippen LogP contribution in [0.2, 0.25) is 0 Å². The van der Waals surface area contributed by atoms with Gasteiger partial charge in [0.25, 0.3) is 0 Å². The van der Waals surface area contributed by atoms with E-state index in [0.717, 1.165) is 18.6 Å². The van der Waals surface area contributed by atoms with Gasteiger partial charge >= 0.3 is 6.18 Å². The Labute approximate surface area is 113 Å². The Morgan fingerprint density at radius 3 is 2.79 bits per heavy atom. The molecule has 0 amide bonds. The molecule has 1 unspecified atom stereocenters. The van der Waals surface area contributed by atoms with E-state index in [1.54, 1.807) is 0 Å². The molecule has 2 heterocycles. The number of nitrogens with two attached hydrogens (primary N) is 1. The summed E-state index contributed by atoms with van der Waals surface area (Å²) in [6.07, 6.45) is -2.42. The highest BCUT2D eigenvalue weighted by molar-refractivity contribution is 8.00. The number of hydrogen-bond donors (Lipinski definition) is 2. The predicted molar refractivity (Wildman–Crippen MR) is 70.0 cm³/mol. The summed E-state index contributed by atoms with van der Waals surface area (Å²) in [7, 11) is 0. The van der Waals surface area contributed by atoms with Crippen LogP contribution in [0.3, 0.4) is 0 Å². The number of nitrogens with zero attached hydrogens (tertiary/aromatic N) is 2. The fraction of sp³-hybridized carbons (Fsp3) is 0.636. The maximum atomic E-state index is 12.6. The Bertz CT molecular complexity index is 458. The molecule has 1 aliphatic rings. The molecule has 2 rings (SSSR count). The number of alkyl halides is 3. The maximum Gasteiger partial charge on any atom is 0.451 e. The lowest BCUT2D eigenvalue weighted by Gasteiger charge is -2.23. The van der Waals surface area contributed by atoms with Crippen LogP contribution in [0.4, 0.5) is 24.8 Å². The normalized spacial score (nSPS) is 23.6. The highest BCUT2D eigenvalue weighted by atomic mass is 32.2. The van der Waals surface area contributed by atoms with Crippen molar-refractivity contribution in [2.75, 3.05) is 23.3 Å². The molecule has 1 aromatic heterocycles. The van der Waals surface area contributed by atoms with Crippen LogP contribution in [0, 0.1) is 0 Å². The monoisotopic (exact) mass is 292 g/mol. The number of hydrogen-bond acceptors (Lipinski definition) is 5. The molecule has 4 nitrogen and oxygen atoms in total. The first kappa shape index (κ1) is 14.2. The lowest BCUT2D eigenvalue weighted by molar-refractivity contribution is -0.144. The first-order valence-electron chi connectivity index (χ1n) is 5.88. The number of halogens is 3. The highest BCUT2D eigenvalue weighted by Gasteiger charge is 2.35. The predicted octanol–water partition coefficient (Wildman–Crippen LogP) is 2.78. The van der Waals surface area contributed by atoms with Crippen LogP contribution in [0.1, 0.15) is 25.6 Å². The van der Waals surface area contributed by atoms with Crippen molar-refractivity contribution in [3.63, 3.8) is 0 Å². The van der Waals surface area contributed by atoms with E-state index in [0.29, 0.717) is 6.54 Å². The zero-order chi connectivity index (χ0) is 14.1. The molecular weight excluding hydrogens is 277 g/mol. The van der Waals surface area contributed by atoms with E-state index in [4.69, 9.17) is 5.73 Å². The molecule has 0 spiro atoms. The number of anilines is 2. The quantitative estimate of drug-likeness (QED) is 0.897. The molecule has 8 heteroatoms. The maximum absolute atomic E-state index is 12.6. The number of rotatable bonds is 3. The Balaban J connectivity index is 2.10. The summed E-state index contributed by atoms with van der Waals surface area (Å²) < 4.78 is 37.7. The first-order chi connectivity index (χ1) is 8.78. The third-order valence-corrected chi connectivity index (χ3v) is 4.48. The molecule has 1 fully saturated rings. The van der Waals surface area contributed by atoms with Crippen molar-refractivity contribution in [1.29, 1.82) is 0 Å². The third-order valence-electron chi connectivity index (χ3n) is 2.94. The van der Waals surface area contributed by atoms with Gasteiger partial charge in [-0.25, -0.2) is 9.97 Å². The first-order valence-corrected chi connectivity index (χ1v) is 6.87. The lowest BCUT2D eigenvalue weighted by Crippen LogP contribution is -2.27. The molecule has 1 aliphatic heterocycles. The van der Waals surface area contributed by atoms with E-state index in [-0.39, 0.29) is 16.4 Å². The SMILES string of the molecule is CC1(CNc2cc(N)nc(C(F)(F)F)n2)CCCS1. The second-order valence-electron chi connectivity index (χ2n) is 4.75. The van der Waals surface area contributed by atoms with Gasteiger partial charge in [-0.3, -0.25) is 0 Å². The van der Waals surface area contributed by atoms with E-state index >= 15 is 0 Å². The fourth-order valence-corrected chi connectivity index (χ4v) is 3.18. The lowest BCUT2D eigenvalue weighted by atomic mass is 10.1. The fourth-order valence-electron chi connectivity index (χ4n) is 1.94. The molecule has 0 saturated carbocycles. The van der Waals surface area contributed by atoms with E-state index in [2.05, 4.69) is 22.2 Å². The van der Waals surface area contributed by atoms with Crippen LogP contribution < -0.4 is 11.1 Å². The molecule has 0 bridgehead atoms. The molecule has 0 radical (unpaired) electrons. The van der Waals surface area contributed by atoms with Crippen molar-refractivity contribution < 1.29 is 13.2 Å². The number of nitrogens with one attached hydrogen (secondary N) is 1. The molecule has 1 atom stereocenters. The standard InChI is InChI=1S/C11H15F3N4S/c1-10(3-2-4-19-10)6-16-8-5-7(15)17-9(18-8)11(12,13)14/h5H,2-4,6H2,1H3,(H3,15,16,17,18). The van der Waals surface area contributed by atoms with E-state index in [9.17, 15) is 13.2 Å². The number of nitrogen functional groups attached to an aromatic ring is 1. The molecule has 0 aromatic carbocycles. The molecule has 3 N–H and O–H groups in total. The average Bonchev–Trinajstić information content (AvgIpc) is 2.72. The summed E-state index contributed by atoms with van der Waals surface area (Å²) in [6.45, 7) is 2.65. The van der Waals surface area contributed by atoms with Gasteiger partial charge in [0.2, 0.25) is 5.82 Å². The summed E-state index contributed by atoms with van der Waals surface area (Å²) in [6, 6.07) is 1.32. The molecule has 0 aliphatic carbocycles. The zero-order valence-corrected chi connectivity index (χ0v) is 11.2. The van der Waals surface area contributed by atoms with Gasteiger partial charge in [-0.1, -0.05) is 0 Å². The topological polar surface area (TPSA) is 63.8 Å². The van der Waals surface area contributed by atoms with Crippen LogP contribution in [0.5, 0.6) is 0 Å². The van der Waals surface area contributed by atoms with Gasteiger partial charge in [0.05, 0.1) is 0 Å². The molecule has 19 heavy (non-hydrogen) atoms. The third kappa shape index (κ3) is 3.65. The second-order valence-corrected chi connectivity index (χ2v) is 6.44. The molecule has 1 saturated heterocycles. The van der Waals surface area contributed by atoms with Gasteiger partial charge in [-0.2, -0.15) is 24.9 Å². The van der Waals surface area contributed by atoms with E-state index in [1.807, 2.05) is 11.8 Å². The van der Waals surface area contributed by atoms with Crippen molar-refractivity contribution in [1.82, 2.24) is 9.97 Å². The van der Waals surface area contributed by atoms with Crippen molar-refractivity contribution in [2.24, 2.45) is 0 Å². The zero-order valence-electron chi connectivity index (χ0n) is 10.4. The van der Waals surface area contributed by atoms with Gasteiger partial charge in [0, 0.05) is 17.4 Å². The Morgan fingerprint density at radius 1 is 1.47 bits per heavy atom. The van der Waals surface area contributed by atoms with Gasteiger partial charge in [-0.05, 0) is 25.5 Å². The highest BCUT2D eigenvalue weighted by Crippen LogP contribution is 2.37. The minimum absolute atomic E-state index is 0.0398. The van der Waals surface area contributed by atoms with Gasteiger partial charge < -0.3 is 11.1 Å². The summed E-state index contributed by atoms with van der Waals surface area (Å²) in [5.74, 6) is -0.195. The van der Waals surface area contributed by atoms with Crippen LogP contribution in [0.25, 0.3) is 0 Å². The summed E-state index contributed by atoms with van der Waals surface area (Å²) in [5, 5.41) is 2.93. The smallest absolute Gasteiger partial charge is 0.384 e. The number of aromatic nitrogens is 2. The van der Waals surface area contributed by atoms with Crippen molar-refractivity contribution >= 4 is 23.4 Å². The van der Waals surface area contributed by atoms with Gasteiger partial charge in [0.1, 0.15) is 11.6 Å². The van der Waals surface area contributed by atoms with Crippen molar-refractivity contribution in [3.8, 4) is 0 Å².